The van der Waals surface area contributed by atoms with Crippen LogP contribution in [0.25, 0.3) is 0 Å². The van der Waals surface area contributed by atoms with Gasteiger partial charge < -0.3 is 0 Å². The second-order valence-electron chi connectivity index (χ2n) is 4.15. The van der Waals surface area contributed by atoms with Crippen molar-refractivity contribution in [2.24, 2.45) is 0 Å². The molecule has 0 saturated heterocycles. The van der Waals surface area contributed by atoms with Crippen molar-refractivity contribution in [3.05, 3.63) is 34.9 Å². The van der Waals surface area contributed by atoms with Gasteiger partial charge in [-0.05, 0) is 24.6 Å². The van der Waals surface area contributed by atoms with Crippen LogP contribution in [0.2, 0.25) is 5.02 Å². The minimum Gasteiger partial charge on any atom is -0.247 e. The zero-order chi connectivity index (χ0) is 14.1. The molecule has 0 aromatic heterocycles. The highest BCUT2D eigenvalue weighted by Crippen LogP contribution is 2.12. The van der Waals surface area contributed by atoms with Crippen molar-refractivity contribution < 1.29 is 19.4 Å². The Balaban J connectivity index is 2.28. The van der Waals surface area contributed by atoms with E-state index < -0.39 is 11.9 Å². The van der Waals surface area contributed by atoms with Crippen LogP contribution in [0.15, 0.2) is 24.3 Å². The number of unbranched alkanes of at least 4 members (excludes halogenated alkanes) is 3. The molecule has 1 aromatic carbocycles. The Bertz CT molecular complexity index is 431. The van der Waals surface area contributed by atoms with E-state index in [0.29, 0.717) is 5.02 Å². The number of hydrogen-bond acceptors (Lipinski definition) is 4. The first-order valence-electron chi connectivity index (χ1n) is 6.30. The Hall–Kier alpha value is -1.55. The molecule has 0 radical (unpaired) electrons. The lowest BCUT2D eigenvalue weighted by Gasteiger charge is -2.03. The average molecular weight is 285 g/mol. The molecule has 1 rings (SSSR count). The maximum absolute atomic E-state index is 11.5. The SMILES string of the molecule is CCCCCCC(=O)OOC(=O)c1cccc(Cl)c1. The van der Waals surface area contributed by atoms with Gasteiger partial charge in [0.2, 0.25) is 0 Å². The van der Waals surface area contributed by atoms with Gasteiger partial charge in [-0.3, -0.25) is 0 Å². The van der Waals surface area contributed by atoms with E-state index >= 15 is 0 Å². The first-order chi connectivity index (χ1) is 9.13. The van der Waals surface area contributed by atoms with Crippen molar-refractivity contribution in [2.75, 3.05) is 0 Å². The van der Waals surface area contributed by atoms with Crippen molar-refractivity contribution in [1.29, 1.82) is 0 Å². The Kier molecular flexibility index (Phi) is 6.97. The van der Waals surface area contributed by atoms with E-state index in [1.54, 1.807) is 12.1 Å². The number of rotatable bonds is 6. The predicted molar refractivity (Wildman–Crippen MR) is 71.7 cm³/mol. The fourth-order valence-corrected chi connectivity index (χ4v) is 1.68. The highest BCUT2D eigenvalue weighted by molar-refractivity contribution is 6.30. The van der Waals surface area contributed by atoms with Crippen molar-refractivity contribution in [1.82, 2.24) is 0 Å². The van der Waals surface area contributed by atoms with Crippen molar-refractivity contribution >= 4 is 23.5 Å². The summed E-state index contributed by atoms with van der Waals surface area (Å²) in [6.45, 7) is 2.09. The third kappa shape index (κ3) is 6.25. The van der Waals surface area contributed by atoms with Crippen LogP contribution in [0.1, 0.15) is 49.4 Å². The zero-order valence-corrected chi connectivity index (χ0v) is 11.6. The van der Waals surface area contributed by atoms with Gasteiger partial charge in [-0.2, -0.15) is 0 Å². The first kappa shape index (κ1) is 15.5. The van der Waals surface area contributed by atoms with Crippen LogP contribution in [-0.4, -0.2) is 11.9 Å². The van der Waals surface area contributed by atoms with Crippen LogP contribution >= 0.6 is 11.6 Å². The molecule has 0 amide bonds. The molecule has 0 fully saturated rings. The summed E-state index contributed by atoms with van der Waals surface area (Å²) in [5.74, 6) is -1.27. The highest BCUT2D eigenvalue weighted by atomic mass is 35.5. The van der Waals surface area contributed by atoms with E-state index in [1.807, 2.05) is 0 Å². The molecule has 1 aromatic rings. The molecular formula is C14H17ClO4. The summed E-state index contributed by atoms with van der Waals surface area (Å²) in [6.07, 6.45) is 4.13. The number of hydrogen-bond donors (Lipinski definition) is 0. The third-order valence-corrected chi connectivity index (χ3v) is 2.74. The van der Waals surface area contributed by atoms with Crippen molar-refractivity contribution in [2.45, 2.75) is 39.0 Å². The van der Waals surface area contributed by atoms with Crippen molar-refractivity contribution in [3.8, 4) is 0 Å². The predicted octanol–water partition coefficient (Wildman–Crippen LogP) is 3.93. The van der Waals surface area contributed by atoms with Crippen LogP contribution in [0.3, 0.4) is 0 Å². The number of carbonyl (C=O) groups is 2. The van der Waals surface area contributed by atoms with Crippen LogP contribution in [0.4, 0.5) is 0 Å². The van der Waals surface area contributed by atoms with Gasteiger partial charge in [0.05, 0.1) is 12.0 Å². The van der Waals surface area contributed by atoms with Crippen LogP contribution in [-0.2, 0) is 14.6 Å². The fourth-order valence-electron chi connectivity index (χ4n) is 1.49. The molecular weight excluding hydrogens is 268 g/mol. The smallest absolute Gasteiger partial charge is 0.247 e. The van der Waals surface area contributed by atoms with Crippen molar-refractivity contribution in [3.63, 3.8) is 0 Å². The Morgan fingerprint density at radius 3 is 2.63 bits per heavy atom. The maximum atomic E-state index is 11.5. The van der Waals surface area contributed by atoms with Gasteiger partial charge in [-0.25, -0.2) is 19.4 Å². The van der Waals surface area contributed by atoms with Crippen LogP contribution < -0.4 is 0 Å². The Labute approximate surface area is 117 Å². The van der Waals surface area contributed by atoms with E-state index in [1.165, 1.54) is 12.1 Å². The van der Waals surface area contributed by atoms with E-state index in [0.717, 1.165) is 25.7 Å². The molecule has 0 aliphatic heterocycles. The number of carbonyl (C=O) groups excluding carboxylic acids is 2. The molecule has 19 heavy (non-hydrogen) atoms. The summed E-state index contributed by atoms with van der Waals surface area (Å²) in [4.78, 5) is 31.7. The molecule has 4 nitrogen and oxygen atoms in total. The summed E-state index contributed by atoms with van der Waals surface area (Å²) >= 11 is 5.73. The maximum Gasteiger partial charge on any atom is 0.386 e. The van der Waals surface area contributed by atoms with Gasteiger partial charge in [-0.1, -0.05) is 43.9 Å². The Morgan fingerprint density at radius 1 is 1.16 bits per heavy atom. The standard InChI is InChI=1S/C14H17ClO4/c1-2-3-4-5-9-13(16)18-19-14(17)11-7-6-8-12(15)10-11/h6-8,10H,2-5,9H2,1H3. The first-order valence-corrected chi connectivity index (χ1v) is 6.68. The molecule has 0 N–H and O–H groups in total. The summed E-state index contributed by atoms with van der Waals surface area (Å²) in [6, 6.07) is 6.23. The minimum atomic E-state index is -0.732. The second-order valence-corrected chi connectivity index (χ2v) is 4.58. The third-order valence-electron chi connectivity index (χ3n) is 2.51. The van der Waals surface area contributed by atoms with Gasteiger partial charge in [0.15, 0.2) is 0 Å². The summed E-state index contributed by atoms with van der Waals surface area (Å²) in [5.41, 5.74) is 0.242. The lowest BCUT2D eigenvalue weighted by molar-refractivity contribution is -0.234. The quantitative estimate of drug-likeness (QED) is 0.451. The van der Waals surface area contributed by atoms with E-state index in [-0.39, 0.29) is 12.0 Å². The molecule has 0 bridgehead atoms. The molecule has 0 heterocycles. The molecule has 0 aliphatic carbocycles. The van der Waals surface area contributed by atoms with E-state index in [4.69, 9.17) is 11.6 Å². The van der Waals surface area contributed by atoms with Gasteiger partial charge in [-0.15, -0.1) is 0 Å². The molecule has 104 valence electrons. The zero-order valence-electron chi connectivity index (χ0n) is 10.9. The second kappa shape index (κ2) is 8.53. The summed E-state index contributed by atoms with van der Waals surface area (Å²) in [5, 5.41) is 0.417. The van der Waals surface area contributed by atoms with Gasteiger partial charge in [0.1, 0.15) is 0 Å². The topological polar surface area (TPSA) is 52.6 Å². The molecule has 5 heteroatoms. The number of halogens is 1. The Morgan fingerprint density at radius 2 is 1.95 bits per heavy atom. The average Bonchev–Trinajstić information content (AvgIpc) is 2.41. The van der Waals surface area contributed by atoms with Crippen LogP contribution in [0.5, 0.6) is 0 Å². The lowest BCUT2D eigenvalue weighted by Crippen LogP contribution is -2.11. The fraction of sp³-hybridized carbons (Fsp3) is 0.429. The summed E-state index contributed by atoms with van der Waals surface area (Å²) in [7, 11) is 0. The largest absolute Gasteiger partial charge is 0.386 e. The molecule has 0 unspecified atom stereocenters. The highest BCUT2D eigenvalue weighted by Gasteiger charge is 2.12. The van der Waals surface area contributed by atoms with Gasteiger partial charge >= 0.3 is 11.9 Å². The molecule has 0 saturated carbocycles. The number of benzene rings is 1. The molecule has 0 atom stereocenters. The minimum absolute atomic E-state index is 0.242. The monoisotopic (exact) mass is 284 g/mol. The molecule has 0 aliphatic rings. The van der Waals surface area contributed by atoms with E-state index in [2.05, 4.69) is 16.7 Å². The van der Waals surface area contributed by atoms with E-state index in [9.17, 15) is 9.59 Å². The molecule has 0 spiro atoms. The lowest BCUT2D eigenvalue weighted by atomic mass is 10.2. The summed E-state index contributed by atoms with van der Waals surface area (Å²) < 4.78 is 0. The van der Waals surface area contributed by atoms with Gasteiger partial charge in [0, 0.05) is 5.02 Å². The normalized spacial score (nSPS) is 10.0. The van der Waals surface area contributed by atoms with Gasteiger partial charge in [0.25, 0.3) is 0 Å². The van der Waals surface area contributed by atoms with Crippen LogP contribution in [0, 0.1) is 0 Å².